The van der Waals surface area contributed by atoms with Gasteiger partial charge in [-0.3, -0.25) is 4.79 Å². The number of hydrogen-bond donors (Lipinski definition) is 1. The minimum absolute atomic E-state index is 0.00361. The molecule has 0 aromatic heterocycles. The SMILES string of the molecule is NC(=S)C(C(=O)N1CC2CCC(C1)O2)c1ccccc1. The number of rotatable bonds is 3. The number of thiocarbonyl (C=S) groups is 1. The van der Waals surface area contributed by atoms with Gasteiger partial charge in [0.25, 0.3) is 0 Å². The van der Waals surface area contributed by atoms with E-state index in [1.807, 2.05) is 35.2 Å². The number of hydrogen-bond acceptors (Lipinski definition) is 3. The van der Waals surface area contributed by atoms with Gasteiger partial charge >= 0.3 is 0 Å². The van der Waals surface area contributed by atoms with Crippen molar-refractivity contribution in [2.75, 3.05) is 13.1 Å². The van der Waals surface area contributed by atoms with Crippen LogP contribution in [0.2, 0.25) is 0 Å². The fraction of sp³-hybridized carbons (Fsp3) is 0.467. The number of morpholine rings is 1. The van der Waals surface area contributed by atoms with Crippen LogP contribution >= 0.6 is 12.2 Å². The molecule has 2 bridgehead atoms. The maximum Gasteiger partial charge on any atom is 0.237 e. The molecule has 4 nitrogen and oxygen atoms in total. The van der Waals surface area contributed by atoms with Gasteiger partial charge in [-0.1, -0.05) is 42.5 Å². The molecular formula is C15H18N2O2S. The Morgan fingerprint density at radius 2 is 1.85 bits per heavy atom. The third-order valence-electron chi connectivity index (χ3n) is 4.02. The number of amides is 1. The first-order chi connectivity index (χ1) is 9.65. The molecule has 0 spiro atoms. The topological polar surface area (TPSA) is 55.6 Å². The summed E-state index contributed by atoms with van der Waals surface area (Å²) >= 11 is 5.12. The standard InChI is InChI=1S/C15H18N2O2S/c16-14(20)13(10-4-2-1-3-5-10)15(18)17-8-11-6-7-12(9-17)19-11/h1-5,11-13H,6-9H2,(H2,16,20). The van der Waals surface area contributed by atoms with Crippen molar-refractivity contribution >= 4 is 23.1 Å². The maximum atomic E-state index is 12.8. The van der Waals surface area contributed by atoms with Gasteiger partial charge in [0.1, 0.15) is 5.92 Å². The first-order valence-corrected chi connectivity index (χ1v) is 7.34. The molecule has 5 heteroatoms. The van der Waals surface area contributed by atoms with E-state index >= 15 is 0 Å². The van der Waals surface area contributed by atoms with Crippen molar-refractivity contribution in [1.82, 2.24) is 4.90 Å². The minimum Gasteiger partial charge on any atom is -0.392 e. The van der Waals surface area contributed by atoms with Gasteiger partial charge < -0.3 is 15.4 Å². The van der Waals surface area contributed by atoms with Crippen LogP contribution in [0.5, 0.6) is 0 Å². The van der Waals surface area contributed by atoms with E-state index in [1.165, 1.54) is 0 Å². The molecule has 0 radical (unpaired) electrons. The molecule has 3 rings (SSSR count). The van der Waals surface area contributed by atoms with E-state index in [-0.39, 0.29) is 23.1 Å². The van der Waals surface area contributed by atoms with Crippen LogP contribution < -0.4 is 5.73 Å². The van der Waals surface area contributed by atoms with Gasteiger partial charge in [-0.25, -0.2) is 0 Å². The summed E-state index contributed by atoms with van der Waals surface area (Å²) in [5.41, 5.74) is 6.68. The molecule has 1 aromatic carbocycles. The summed E-state index contributed by atoms with van der Waals surface area (Å²) in [5.74, 6) is -0.521. The van der Waals surface area contributed by atoms with Gasteiger partial charge in [0.05, 0.1) is 17.2 Å². The third kappa shape index (κ3) is 2.55. The summed E-state index contributed by atoms with van der Waals surface area (Å²) in [4.78, 5) is 14.9. The largest absolute Gasteiger partial charge is 0.392 e. The van der Waals surface area contributed by atoms with Crippen molar-refractivity contribution in [1.29, 1.82) is 0 Å². The Labute approximate surface area is 123 Å². The summed E-state index contributed by atoms with van der Waals surface area (Å²) in [5, 5.41) is 0. The molecule has 2 heterocycles. The maximum absolute atomic E-state index is 12.8. The molecule has 106 valence electrons. The Morgan fingerprint density at radius 1 is 1.25 bits per heavy atom. The van der Waals surface area contributed by atoms with E-state index in [1.54, 1.807) is 0 Å². The number of carbonyl (C=O) groups is 1. The molecule has 1 aromatic rings. The Bertz CT molecular complexity index is 508. The molecule has 20 heavy (non-hydrogen) atoms. The van der Waals surface area contributed by atoms with Crippen LogP contribution in [0, 0.1) is 0 Å². The number of likely N-dealkylation sites (tertiary alicyclic amines) is 1. The van der Waals surface area contributed by atoms with E-state index in [4.69, 9.17) is 22.7 Å². The lowest BCUT2D eigenvalue weighted by atomic mass is 9.97. The van der Waals surface area contributed by atoms with Crippen molar-refractivity contribution in [3.05, 3.63) is 35.9 Å². The zero-order valence-electron chi connectivity index (χ0n) is 11.2. The van der Waals surface area contributed by atoms with Crippen molar-refractivity contribution in [2.24, 2.45) is 5.73 Å². The van der Waals surface area contributed by atoms with Crippen LogP contribution in [-0.4, -0.2) is 41.1 Å². The van der Waals surface area contributed by atoms with Crippen molar-refractivity contribution in [3.8, 4) is 0 Å². The highest BCUT2D eigenvalue weighted by Crippen LogP contribution is 2.29. The summed E-state index contributed by atoms with van der Waals surface area (Å²) in [6.45, 7) is 1.31. The fourth-order valence-corrected chi connectivity index (χ4v) is 3.29. The molecule has 0 saturated carbocycles. The highest BCUT2D eigenvalue weighted by atomic mass is 32.1. The molecule has 2 N–H and O–H groups in total. The van der Waals surface area contributed by atoms with Crippen LogP contribution in [0.4, 0.5) is 0 Å². The Balaban J connectivity index is 1.81. The Morgan fingerprint density at radius 3 is 2.40 bits per heavy atom. The fourth-order valence-electron chi connectivity index (χ4n) is 3.05. The highest BCUT2D eigenvalue weighted by molar-refractivity contribution is 7.80. The van der Waals surface area contributed by atoms with Crippen molar-refractivity contribution in [2.45, 2.75) is 31.0 Å². The second-order valence-corrected chi connectivity index (χ2v) is 5.92. The quantitative estimate of drug-likeness (QED) is 0.856. The number of ether oxygens (including phenoxy) is 1. The minimum atomic E-state index is -0.524. The van der Waals surface area contributed by atoms with Crippen LogP contribution in [0.15, 0.2) is 30.3 Å². The average Bonchev–Trinajstić information content (AvgIpc) is 2.78. The molecule has 2 aliphatic rings. The lowest BCUT2D eigenvalue weighted by molar-refractivity contribution is -0.139. The second kappa shape index (κ2) is 5.50. The summed E-state index contributed by atoms with van der Waals surface area (Å²) in [6.07, 6.45) is 2.44. The molecule has 2 fully saturated rings. The van der Waals surface area contributed by atoms with Crippen LogP contribution in [0.1, 0.15) is 24.3 Å². The smallest absolute Gasteiger partial charge is 0.237 e. The normalized spacial score (nSPS) is 26.3. The Kier molecular flexibility index (Phi) is 3.72. The molecule has 0 aliphatic carbocycles. The van der Waals surface area contributed by atoms with E-state index in [2.05, 4.69) is 0 Å². The summed E-state index contributed by atoms with van der Waals surface area (Å²) in [7, 11) is 0. The average molecular weight is 290 g/mol. The summed E-state index contributed by atoms with van der Waals surface area (Å²) < 4.78 is 5.77. The summed E-state index contributed by atoms with van der Waals surface area (Å²) in [6, 6.07) is 9.51. The zero-order valence-corrected chi connectivity index (χ0v) is 12.0. The molecule has 1 amide bonds. The predicted molar refractivity (Wildman–Crippen MR) is 80.4 cm³/mol. The highest BCUT2D eigenvalue weighted by Gasteiger charge is 2.38. The van der Waals surface area contributed by atoms with Crippen molar-refractivity contribution in [3.63, 3.8) is 0 Å². The van der Waals surface area contributed by atoms with Crippen molar-refractivity contribution < 1.29 is 9.53 Å². The molecule has 2 saturated heterocycles. The van der Waals surface area contributed by atoms with Crippen LogP contribution in [0.3, 0.4) is 0 Å². The molecular weight excluding hydrogens is 272 g/mol. The third-order valence-corrected chi connectivity index (χ3v) is 4.26. The molecule has 3 atom stereocenters. The monoisotopic (exact) mass is 290 g/mol. The number of fused-ring (bicyclic) bond motifs is 2. The Hall–Kier alpha value is -1.46. The van der Waals surface area contributed by atoms with E-state index in [9.17, 15) is 4.79 Å². The van der Waals surface area contributed by atoms with Gasteiger partial charge in [-0.15, -0.1) is 0 Å². The second-order valence-electron chi connectivity index (χ2n) is 5.45. The predicted octanol–water partition coefficient (Wildman–Crippen LogP) is 1.45. The van der Waals surface area contributed by atoms with Gasteiger partial charge in [0.15, 0.2) is 0 Å². The van der Waals surface area contributed by atoms with Crippen LogP contribution in [-0.2, 0) is 9.53 Å². The molecule has 2 aliphatic heterocycles. The lowest BCUT2D eigenvalue weighted by Gasteiger charge is -2.34. The van der Waals surface area contributed by atoms with Gasteiger partial charge in [0, 0.05) is 13.1 Å². The first-order valence-electron chi connectivity index (χ1n) is 6.93. The number of carbonyl (C=O) groups excluding carboxylic acids is 1. The number of nitrogens with zero attached hydrogens (tertiary/aromatic N) is 1. The van der Waals surface area contributed by atoms with Gasteiger partial charge in [0.2, 0.25) is 5.91 Å². The van der Waals surface area contributed by atoms with E-state index in [0.29, 0.717) is 13.1 Å². The van der Waals surface area contributed by atoms with E-state index < -0.39 is 5.92 Å². The zero-order chi connectivity index (χ0) is 14.1. The molecule has 3 unspecified atom stereocenters. The van der Waals surface area contributed by atoms with Crippen LogP contribution in [0.25, 0.3) is 0 Å². The van der Waals surface area contributed by atoms with Gasteiger partial charge in [-0.05, 0) is 18.4 Å². The number of benzene rings is 1. The van der Waals surface area contributed by atoms with E-state index in [0.717, 1.165) is 18.4 Å². The first kappa shape index (κ1) is 13.5. The lowest BCUT2D eigenvalue weighted by Crippen LogP contribution is -2.49. The number of nitrogens with two attached hydrogens (primary N) is 1. The van der Waals surface area contributed by atoms with Gasteiger partial charge in [-0.2, -0.15) is 0 Å².